The number of carbonyl (C=O) groups excluding carboxylic acids is 1. The van der Waals surface area contributed by atoms with Crippen molar-refractivity contribution in [1.29, 1.82) is 0 Å². The number of aromatic hydroxyl groups is 1. The summed E-state index contributed by atoms with van der Waals surface area (Å²) in [5.41, 5.74) is -0.106. The number of methoxy groups -OCH3 is 1. The van der Waals surface area contributed by atoms with Crippen molar-refractivity contribution >= 4 is 33.5 Å². The van der Waals surface area contributed by atoms with E-state index in [2.05, 4.69) is 15.2 Å². The van der Waals surface area contributed by atoms with Crippen LogP contribution in [0.15, 0.2) is 68.0 Å². The first-order chi connectivity index (χ1) is 13.1. The number of para-hydroxylation sites is 2. The fourth-order valence-corrected chi connectivity index (χ4v) is 2.79. The molecule has 0 saturated heterocycles. The molecule has 0 atom stereocenters. The van der Waals surface area contributed by atoms with E-state index in [1.165, 1.54) is 13.2 Å². The normalized spacial score (nSPS) is 11.4. The van der Waals surface area contributed by atoms with Gasteiger partial charge in [0.25, 0.3) is 0 Å². The van der Waals surface area contributed by atoms with Gasteiger partial charge in [0.15, 0.2) is 17.0 Å². The monoisotopic (exact) mass is 363 g/mol. The maximum absolute atomic E-state index is 12.4. The zero-order valence-corrected chi connectivity index (χ0v) is 14.1. The number of hydrogen-bond donors (Lipinski definition) is 2. The Morgan fingerprint density at radius 2 is 2.00 bits per heavy atom. The molecule has 1 amide bonds. The summed E-state index contributed by atoms with van der Waals surface area (Å²) in [7, 11) is 1.45. The van der Waals surface area contributed by atoms with Gasteiger partial charge in [0.2, 0.25) is 5.88 Å². The van der Waals surface area contributed by atoms with Crippen LogP contribution in [0.2, 0.25) is 0 Å². The van der Waals surface area contributed by atoms with Gasteiger partial charge in [0, 0.05) is 10.8 Å². The predicted octanol–water partition coefficient (Wildman–Crippen LogP) is 3.91. The third kappa shape index (κ3) is 2.82. The number of amides is 1. The Hall–Kier alpha value is -3.94. The number of azo groups is 1. The number of benzene rings is 2. The Morgan fingerprint density at radius 1 is 1.19 bits per heavy atom. The van der Waals surface area contributed by atoms with Crippen LogP contribution in [0.3, 0.4) is 0 Å². The van der Waals surface area contributed by atoms with Gasteiger partial charge in [-0.2, -0.15) is 0 Å². The third-order valence-electron chi connectivity index (χ3n) is 4.07. The molecular formula is C19H13N3O5. The fourth-order valence-electron chi connectivity index (χ4n) is 2.79. The molecule has 0 aliphatic carbocycles. The number of ether oxygens (including phenoxy) is 1. The van der Waals surface area contributed by atoms with Gasteiger partial charge in [0.1, 0.15) is 5.56 Å². The minimum Gasteiger partial charge on any atom is -0.493 e. The highest BCUT2D eigenvalue weighted by Gasteiger charge is 2.16. The summed E-state index contributed by atoms with van der Waals surface area (Å²) in [4.78, 5) is 27.3. The topological polar surface area (TPSA) is 117 Å². The van der Waals surface area contributed by atoms with Gasteiger partial charge in [0.05, 0.1) is 12.6 Å². The van der Waals surface area contributed by atoms with Crippen molar-refractivity contribution in [2.24, 2.45) is 10.2 Å². The zero-order chi connectivity index (χ0) is 19.0. The van der Waals surface area contributed by atoms with Gasteiger partial charge in [-0.05, 0) is 18.2 Å². The predicted molar refractivity (Wildman–Crippen MR) is 97.8 cm³/mol. The minimum atomic E-state index is -0.877. The van der Waals surface area contributed by atoms with Gasteiger partial charge >= 0.3 is 11.5 Å². The second kappa shape index (κ2) is 6.41. The van der Waals surface area contributed by atoms with Crippen molar-refractivity contribution in [3.63, 3.8) is 0 Å². The minimum absolute atomic E-state index is 0.116. The molecule has 0 saturated carbocycles. The Labute approximate surface area is 151 Å². The van der Waals surface area contributed by atoms with Gasteiger partial charge < -0.3 is 19.2 Å². The van der Waals surface area contributed by atoms with Crippen LogP contribution in [0.5, 0.6) is 11.6 Å². The molecular weight excluding hydrogens is 350 g/mol. The number of carbonyl (C=O) groups is 1. The maximum Gasteiger partial charge on any atom is 0.349 e. The van der Waals surface area contributed by atoms with Crippen molar-refractivity contribution in [2.75, 3.05) is 7.11 Å². The molecule has 0 fully saturated rings. The molecule has 0 unspecified atom stereocenters. The maximum atomic E-state index is 12.4. The molecule has 0 aliphatic rings. The molecule has 2 N–H and O–H groups in total. The van der Waals surface area contributed by atoms with Crippen molar-refractivity contribution in [2.45, 2.75) is 0 Å². The number of aromatic nitrogens is 1. The number of H-pyrrole nitrogens is 1. The van der Waals surface area contributed by atoms with E-state index >= 15 is 0 Å². The summed E-state index contributed by atoms with van der Waals surface area (Å²) >= 11 is 0. The van der Waals surface area contributed by atoms with Crippen LogP contribution in [0, 0.1) is 0 Å². The summed E-state index contributed by atoms with van der Waals surface area (Å²) in [5, 5.41) is 18.5. The average Bonchev–Trinajstić information content (AvgIpc) is 3.00. The van der Waals surface area contributed by atoms with Crippen molar-refractivity contribution in [1.82, 2.24) is 4.98 Å². The second-order valence-corrected chi connectivity index (χ2v) is 5.70. The first-order valence-electron chi connectivity index (χ1n) is 7.95. The lowest BCUT2D eigenvalue weighted by molar-refractivity contribution is 0.0991. The van der Waals surface area contributed by atoms with Gasteiger partial charge in [-0.15, -0.1) is 10.2 Å². The first-order valence-corrected chi connectivity index (χ1v) is 7.95. The summed E-state index contributed by atoms with van der Waals surface area (Å²) in [6.07, 6.45) is 0. The number of fused-ring (bicyclic) bond motifs is 2. The van der Waals surface area contributed by atoms with Gasteiger partial charge in [-0.3, -0.25) is 4.79 Å². The average molecular weight is 363 g/mol. The molecule has 0 aliphatic heterocycles. The number of nitrogens with one attached hydrogen (secondary N) is 1. The van der Waals surface area contributed by atoms with Gasteiger partial charge in [-0.1, -0.05) is 30.3 Å². The summed E-state index contributed by atoms with van der Waals surface area (Å²) < 4.78 is 10.4. The molecule has 2 heterocycles. The number of hydrogen-bond acceptors (Lipinski definition) is 6. The Balaban J connectivity index is 1.74. The van der Waals surface area contributed by atoms with Crippen LogP contribution < -0.4 is 10.4 Å². The van der Waals surface area contributed by atoms with Crippen molar-refractivity contribution in [3.8, 4) is 11.6 Å². The van der Waals surface area contributed by atoms with E-state index in [1.807, 2.05) is 0 Å². The lowest BCUT2D eigenvalue weighted by Crippen LogP contribution is -2.12. The van der Waals surface area contributed by atoms with E-state index < -0.39 is 11.5 Å². The smallest absolute Gasteiger partial charge is 0.349 e. The fraction of sp³-hybridized carbons (Fsp3) is 0.0526. The van der Waals surface area contributed by atoms with E-state index in [-0.39, 0.29) is 22.7 Å². The lowest BCUT2D eigenvalue weighted by Gasteiger charge is -2.03. The summed E-state index contributed by atoms with van der Waals surface area (Å²) in [6, 6.07) is 13.4. The molecule has 4 aromatic rings. The highest BCUT2D eigenvalue weighted by Crippen LogP contribution is 2.35. The highest BCUT2D eigenvalue weighted by molar-refractivity contribution is 5.98. The number of nitrogens with zero attached hydrogens (tertiary/aromatic N) is 2. The zero-order valence-electron chi connectivity index (χ0n) is 14.1. The molecule has 8 heteroatoms. The molecule has 27 heavy (non-hydrogen) atoms. The largest absolute Gasteiger partial charge is 0.493 e. The molecule has 134 valence electrons. The van der Waals surface area contributed by atoms with Crippen LogP contribution in [0.25, 0.3) is 21.9 Å². The van der Waals surface area contributed by atoms with Crippen LogP contribution >= 0.6 is 0 Å². The molecule has 4 rings (SSSR count). The molecule has 0 spiro atoms. The van der Waals surface area contributed by atoms with Crippen LogP contribution in [0.4, 0.5) is 5.69 Å². The SMILES string of the molecule is COc1cccc2cc(C(=O)N=Nc3c(O)[nH]c4ccccc34)c(=O)oc12. The van der Waals surface area contributed by atoms with Crippen molar-refractivity contribution in [3.05, 3.63) is 64.5 Å². The van der Waals surface area contributed by atoms with E-state index in [1.54, 1.807) is 42.5 Å². The quantitative estimate of drug-likeness (QED) is 0.423. The second-order valence-electron chi connectivity index (χ2n) is 5.70. The van der Waals surface area contributed by atoms with E-state index in [0.29, 0.717) is 22.0 Å². The van der Waals surface area contributed by atoms with E-state index in [4.69, 9.17) is 9.15 Å². The van der Waals surface area contributed by atoms with Crippen molar-refractivity contribution < 1.29 is 19.1 Å². The highest BCUT2D eigenvalue weighted by atomic mass is 16.5. The lowest BCUT2D eigenvalue weighted by atomic mass is 10.1. The van der Waals surface area contributed by atoms with Gasteiger partial charge in [-0.25, -0.2) is 4.79 Å². The van der Waals surface area contributed by atoms with E-state index in [9.17, 15) is 14.7 Å². The van der Waals surface area contributed by atoms with E-state index in [0.717, 1.165) is 0 Å². The Bertz CT molecular complexity index is 1270. The standard InChI is InChI=1S/C19H13N3O5/c1-26-14-8-4-5-10-9-12(19(25)27-16(10)14)17(23)22-21-15-11-6-2-3-7-13(11)20-18(15)24/h2-9,20,24H,1H3. The van der Waals surface area contributed by atoms with Crippen LogP contribution in [-0.4, -0.2) is 23.1 Å². The number of rotatable bonds is 3. The molecule has 2 aromatic carbocycles. The summed E-state index contributed by atoms with van der Waals surface area (Å²) in [6.45, 7) is 0. The first kappa shape index (κ1) is 16.5. The Morgan fingerprint density at radius 3 is 2.81 bits per heavy atom. The summed E-state index contributed by atoms with van der Waals surface area (Å²) in [5.74, 6) is -0.713. The molecule has 0 bridgehead atoms. The third-order valence-corrected chi connectivity index (χ3v) is 4.07. The Kier molecular flexibility index (Phi) is 3.92. The number of aromatic amines is 1. The van der Waals surface area contributed by atoms with Crippen LogP contribution in [0.1, 0.15) is 10.4 Å². The molecule has 2 aromatic heterocycles. The molecule has 0 radical (unpaired) electrons. The molecule has 8 nitrogen and oxygen atoms in total. The van der Waals surface area contributed by atoms with Crippen LogP contribution in [-0.2, 0) is 0 Å².